The molecule has 0 aliphatic carbocycles. The SMILES string of the molecule is O=S(=O)(Nc1c(F)cccc1N1CCCC1)c1ccc2c(c1)CCO2. The van der Waals surface area contributed by atoms with Gasteiger partial charge in [-0.3, -0.25) is 4.72 Å². The average Bonchev–Trinajstić information content (AvgIpc) is 3.27. The van der Waals surface area contributed by atoms with Gasteiger partial charge >= 0.3 is 0 Å². The summed E-state index contributed by atoms with van der Waals surface area (Å²) in [4.78, 5) is 2.13. The lowest BCUT2D eigenvalue weighted by molar-refractivity contribution is 0.356. The number of para-hydroxylation sites is 1. The summed E-state index contributed by atoms with van der Waals surface area (Å²) < 4.78 is 47.8. The molecular weight excluding hydrogens is 343 g/mol. The zero-order chi connectivity index (χ0) is 17.4. The van der Waals surface area contributed by atoms with Gasteiger partial charge in [0.25, 0.3) is 10.0 Å². The van der Waals surface area contributed by atoms with Crippen molar-refractivity contribution in [2.45, 2.75) is 24.2 Å². The van der Waals surface area contributed by atoms with E-state index >= 15 is 0 Å². The molecule has 0 saturated carbocycles. The molecule has 2 heterocycles. The van der Waals surface area contributed by atoms with Gasteiger partial charge in [0.15, 0.2) is 0 Å². The van der Waals surface area contributed by atoms with Crippen molar-refractivity contribution in [3.8, 4) is 5.75 Å². The van der Waals surface area contributed by atoms with Gasteiger partial charge in [0.2, 0.25) is 0 Å². The first-order valence-corrected chi connectivity index (χ1v) is 9.85. The molecule has 132 valence electrons. The van der Waals surface area contributed by atoms with Crippen LogP contribution < -0.4 is 14.4 Å². The van der Waals surface area contributed by atoms with Gasteiger partial charge < -0.3 is 9.64 Å². The fourth-order valence-electron chi connectivity index (χ4n) is 3.36. The van der Waals surface area contributed by atoms with E-state index in [1.807, 2.05) is 4.90 Å². The summed E-state index contributed by atoms with van der Waals surface area (Å²) in [6.45, 7) is 2.15. The molecule has 0 radical (unpaired) electrons. The van der Waals surface area contributed by atoms with Crippen LogP contribution in [0.3, 0.4) is 0 Å². The van der Waals surface area contributed by atoms with Gasteiger partial charge in [0, 0.05) is 19.5 Å². The minimum absolute atomic E-state index is 0.0150. The highest BCUT2D eigenvalue weighted by Gasteiger charge is 2.24. The fourth-order valence-corrected chi connectivity index (χ4v) is 4.49. The Kier molecular flexibility index (Phi) is 4.03. The van der Waals surface area contributed by atoms with Crippen LogP contribution in [0.2, 0.25) is 0 Å². The number of ether oxygens (including phenoxy) is 1. The van der Waals surface area contributed by atoms with E-state index < -0.39 is 15.8 Å². The van der Waals surface area contributed by atoms with Crippen LogP contribution in [0.25, 0.3) is 0 Å². The molecule has 2 aromatic rings. The predicted molar refractivity (Wildman–Crippen MR) is 94.3 cm³/mol. The zero-order valence-corrected chi connectivity index (χ0v) is 14.5. The summed E-state index contributed by atoms with van der Waals surface area (Å²) in [5, 5.41) is 0. The first kappa shape index (κ1) is 16.2. The van der Waals surface area contributed by atoms with E-state index in [0.29, 0.717) is 24.5 Å². The lowest BCUT2D eigenvalue weighted by Crippen LogP contribution is -2.22. The van der Waals surface area contributed by atoms with E-state index in [-0.39, 0.29) is 10.6 Å². The Morgan fingerprint density at radius 2 is 1.92 bits per heavy atom. The number of hydrogen-bond donors (Lipinski definition) is 1. The third-order valence-corrected chi connectivity index (χ3v) is 5.99. The van der Waals surface area contributed by atoms with Gasteiger partial charge in [-0.2, -0.15) is 0 Å². The van der Waals surface area contributed by atoms with Crippen molar-refractivity contribution >= 4 is 21.4 Å². The molecule has 0 unspecified atom stereocenters. The molecule has 25 heavy (non-hydrogen) atoms. The van der Waals surface area contributed by atoms with E-state index in [1.54, 1.807) is 24.3 Å². The molecule has 7 heteroatoms. The van der Waals surface area contributed by atoms with E-state index in [4.69, 9.17) is 4.74 Å². The smallest absolute Gasteiger partial charge is 0.262 e. The first-order chi connectivity index (χ1) is 12.0. The predicted octanol–water partition coefficient (Wildman–Crippen LogP) is 3.16. The highest BCUT2D eigenvalue weighted by molar-refractivity contribution is 7.92. The Labute approximate surface area is 146 Å². The van der Waals surface area contributed by atoms with E-state index in [9.17, 15) is 12.8 Å². The Bertz CT molecular complexity index is 909. The van der Waals surface area contributed by atoms with Gasteiger partial charge in [-0.15, -0.1) is 0 Å². The number of benzene rings is 2. The maximum absolute atomic E-state index is 14.4. The molecule has 0 amide bonds. The van der Waals surface area contributed by atoms with Crippen LogP contribution >= 0.6 is 0 Å². The van der Waals surface area contributed by atoms with Gasteiger partial charge in [0.05, 0.1) is 17.2 Å². The second-order valence-corrected chi connectivity index (χ2v) is 7.98. The number of hydrogen-bond acceptors (Lipinski definition) is 4. The lowest BCUT2D eigenvalue weighted by atomic mass is 10.2. The van der Waals surface area contributed by atoms with Crippen molar-refractivity contribution < 1.29 is 17.5 Å². The Morgan fingerprint density at radius 3 is 2.72 bits per heavy atom. The number of halogens is 1. The Hall–Kier alpha value is -2.28. The number of anilines is 2. The monoisotopic (exact) mass is 362 g/mol. The van der Waals surface area contributed by atoms with Crippen LogP contribution in [-0.2, 0) is 16.4 Å². The van der Waals surface area contributed by atoms with Crippen molar-refractivity contribution in [1.29, 1.82) is 0 Å². The van der Waals surface area contributed by atoms with Crippen LogP contribution in [0.4, 0.5) is 15.8 Å². The summed E-state index contributed by atoms with van der Waals surface area (Å²) in [6, 6.07) is 9.37. The fraction of sp³-hybridized carbons (Fsp3) is 0.333. The van der Waals surface area contributed by atoms with E-state index in [0.717, 1.165) is 31.5 Å². The summed E-state index contributed by atoms with van der Waals surface area (Å²) in [6.07, 6.45) is 2.72. The molecule has 0 bridgehead atoms. The molecule has 2 aromatic carbocycles. The molecule has 5 nitrogen and oxygen atoms in total. The topological polar surface area (TPSA) is 58.6 Å². The van der Waals surface area contributed by atoms with E-state index in [2.05, 4.69) is 4.72 Å². The first-order valence-electron chi connectivity index (χ1n) is 8.37. The molecule has 2 aliphatic heterocycles. The zero-order valence-electron chi connectivity index (χ0n) is 13.7. The van der Waals surface area contributed by atoms with Gasteiger partial charge in [-0.1, -0.05) is 6.07 Å². The summed E-state index contributed by atoms with van der Waals surface area (Å²) >= 11 is 0. The van der Waals surface area contributed by atoms with Crippen LogP contribution in [-0.4, -0.2) is 28.1 Å². The summed E-state index contributed by atoms with van der Waals surface area (Å²) in [5.41, 5.74) is 1.46. The van der Waals surface area contributed by atoms with Crippen molar-refractivity contribution in [2.75, 3.05) is 29.3 Å². The van der Waals surface area contributed by atoms with Crippen LogP contribution in [0.5, 0.6) is 5.75 Å². The Morgan fingerprint density at radius 1 is 1.12 bits per heavy atom. The van der Waals surface area contributed by atoms with Crippen molar-refractivity contribution in [3.63, 3.8) is 0 Å². The minimum Gasteiger partial charge on any atom is -0.493 e. The number of rotatable bonds is 4. The molecule has 2 aliphatic rings. The van der Waals surface area contributed by atoms with Crippen molar-refractivity contribution in [1.82, 2.24) is 0 Å². The quantitative estimate of drug-likeness (QED) is 0.908. The number of sulfonamides is 1. The molecule has 1 saturated heterocycles. The second kappa shape index (κ2) is 6.22. The summed E-state index contributed by atoms with van der Waals surface area (Å²) in [5.74, 6) is 0.139. The summed E-state index contributed by atoms with van der Waals surface area (Å²) in [7, 11) is -3.88. The molecule has 1 N–H and O–H groups in total. The Balaban J connectivity index is 1.69. The molecular formula is C18H19FN2O3S. The van der Waals surface area contributed by atoms with Crippen LogP contribution in [0.1, 0.15) is 18.4 Å². The standard InChI is InChI=1S/C18H19FN2O3S/c19-15-4-3-5-16(21-9-1-2-10-21)18(15)20-25(22,23)14-6-7-17-13(12-14)8-11-24-17/h3-7,12,20H,1-2,8-11H2. The number of fused-ring (bicyclic) bond motifs is 1. The van der Waals surface area contributed by atoms with Crippen LogP contribution in [0, 0.1) is 5.82 Å². The molecule has 0 atom stereocenters. The average molecular weight is 362 g/mol. The van der Waals surface area contributed by atoms with Crippen molar-refractivity contribution in [3.05, 3.63) is 47.8 Å². The lowest BCUT2D eigenvalue weighted by Gasteiger charge is -2.22. The number of nitrogens with zero attached hydrogens (tertiary/aromatic N) is 1. The largest absolute Gasteiger partial charge is 0.493 e. The third kappa shape index (κ3) is 3.04. The second-order valence-electron chi connectivity index (χ2n) is 6.30. The van der Waals surface area contributed by atoms with Gasteiger partial charge in [0.1, 0.15) is 17.3 Å². The molecule has 4 rings (SSSR count). The van der Waals surface area contributed by atoms with E-state index in [1.165, 1.54) is 12.1 Å². The molecule has 0 aromatic heterocycles. The minimum atomic E-state index is -3.88. The maximum Gasteiger partial charge on any atom is 0.262 e. The van der Waals surface area contributed by atoms with Gasteiger partial charge in [-0.25, -0.2) is 12.8 Å². The molecule has 1 fully saturated rings. The number of nitrogens with one attached hydrogen (secondary N) is 1. The molecule has 0 spiro atoms. The third-order valence-electron chi connectivity index (χ3n) is 4.65. The van der Waals surface area contributed by atoms with Crippen molar-refractivity contribution in [2.24, 2.45) is 0 Å². The normalized spacial score (nSPS) is 16.6. The van der Waals surface area contributed by atoms with Gasteiger partial charge in [-0.05, 0) is 48.7 Å². The highest BCUT2D eigenvalue weighted by atomic mass is 32.2. The maximum atomic E-state index is 14.4. The van der Waals surface area contributed by atoms with Crippen LogP contribution in [0.15, 0.2) is 41.3 Å². The highest BCUT2D eigenvalue weighted by Crippen LogP contribution is 2.34.